The Kier molecular flexibility index (Phi) is 9.14. The Morgan fingerprint density at radius 3 is 2.36 bits per heavy atom. The summed E-state index contributed by atoms with van der Waals surface area (Å²) >= 11 is 1.24. The van der Waals surface area contributed by atoms with Crippen molar-refractivity contribution >= 4 is 29.2 Å². The Bertz CT molecular complexity index is 1620. The number of ether oxygens (including phenoxy) is 2. The van der Waals surface area contributed by atoms with Crippen molar-refractivity contribution in [2.24, 2.45) is 0 Å². The van der Waals surface area contributed by atoms with Crippen LogP contribution in [0.1, 0.15) is 22.3 Å². The molecule has 10 heteroatoms. The van der Waals surface area contributed by atoms with Gasteiger partial charge in [0.25, 0.3) is 5.56 Å². The summed E-state index contributed by atoms with van der Waals surface area (Å²) in [5.74, 6) is 2.05. The van der Waals surface area contributed by atoms with Crippen LogP contribution < -0.4 is 25.7 Å². The number of carbonyl (C=O) groups is 1. The van der Waals surface area contributed by atoms with E-state index in [1.165, 1.54) is 11.8 Å². The van der Waals surface area contributed by atoms with Crippen molar-refractivity contribution in [2.45, 2.75) is 32.0 Å². The van der Waals surface area contributed by atoms with Crippen molar-refractivity contribution in [3.05, 3.63) is 99.3 Å². The van der Waals surface area contributed by atoms with Crippen LogP contribution in [0.2, 0.25) is 0 Å². The Hall–Kier alpha value is -4.28. The Morgan fingerprint density at radius 1 is 0.976 bits per heavy atom. The van der Waals surface area contributed by atoms with E-state index in [-0.39, 0.29) is 17.2 Å². The molecular weight excluding hydrogens is 550 g/mol. The first-order valence-corrected chi connectivity index (χ1v) is 14.7. The summed E-state index contributed by atoms with van der Waals surface area (Å²) in [6.45, 7) is 5.79. The highest BCUT2D eigenvalue weighted by Crippen LogP contribution is 2.30. The molecule has 2 N–H and O–H groups in total. The second-order valence-corrected chi connectivity index (χ2v) is 11.2. The molecule has 9 nitrogen and oxygen atoms in total. The van der Waals surface area contributed by atoms with Crippen molar-refractivity contribution in [1.29, 1.82) is 0 Å². The highest BCUT2D eigenvalue weighted by Gasteiger charge is 2.25. The lowest BCUT2D eigenvalue weighted by molar-refractivity contribution is -0.113. The van der Waals surface area contributed by atoms with Gasteiger partial charge in [0.05, 0.1) is 32.2 Å². The summed E-state index contributed by atoms with van der Waals surface area (Å²) in [5, 5.41) is 6.86. The van der Waals surface area contributed by atoms with E-state index in [4.69, 9.17) is 9.47 Å². The summed E-state index contributed by atoms with van der Waals surface area (Å²) in [4.78, 5) is 32.7. The van der Waals surface area contributed by atoms with Gasteiger partial charge in [0.2, 0.25) is 5.91 Å². The van der Waals surface area contributed by atoms with Crippen LogP contribution in [-0.2, 0) is 17.8 Å². The lowest BCUT2D eigenvalue weighted by atomic mass is 10.1. The van der Waals surface area contributed by atoms with Crippen molar-refractivity contribution in [2.75, 3.05) is 43.8 Å². The van der Waals surface area contributed by atoms with Crippen LogP contribution in [0.5, 0.6) is 11.5 Å². The number of amides is 1. The zero-order valence-electron chi connectivity index (χ0n) is 24.3. The molecule has 1 aromatic heterocycles. The predicted octanol–water partition coefficient (Wildman–Crippen LogP) is 5.03. The van der Waals surface area contributed by atoms with Crippen molar-refractivity contribution in [3.63, 3.8) is 0 Å². The SMILES string of the molecule is COc1ccc(CCN2CNc3c(c(=O)nc(SCC(=O)Nc4ccc(C)cc4)n3-c3ccc(C)cc3)C2)cc1OC. The average molecular weight is 586 g/mol. The van der Waals surface area contributed by atoms with E-state index in [1.54, 1.807) is 14.2 Å². The number of thioether (sulfide) groups is 1. The van der Waals surface area contributed by atoms with Crippen LogP contribution in [0.3, 0.4) is 0 Å². The van der Waals surface area contributed by atoms with Crippen LogP contribution in [0.4, 0.5) is 11.5 Å². The molecular formula is C32H35N5O4S. The van der Waals surface area contributed by atoms with Crippen LogP contribution in [0.15, 0.2) is 76.7 Å². The highest BCUT2D eigenvalue weighted by molar-refractivity contribution is 7.99. The minimum absolute atomic E-state index is 0.114. The smallest absolute Gasteiger partial charge is 0.280 e. The third kappa shape index (κ3) is 6.78. The number of hydrogen-bond donors (Lipinski definition) is 2. The Labute approximate surface area is 249 Å². The fourth-order valence-electron chi connectivity index (χ4n) is 4.81. The van der Waals surface area contributed by atoms with Crippen LogP contribution >= 0.6 is 11.8 Å². The number of nitrogens with zero attached hydrogens (tertiary/aromatic N) is 3. The monoisotopic (exact) mass is 585 g/mol. The molecule has 5 rings (SSSR count). The van der Waals surface area contributed by atoms with Gasteiger partial charge in [-0.3, -0.25) is 19.1 Å². The van der Waals surface area contributed by atoms with Gasteiger partial charge in [-0.15, -0.1) is 0 Å². The van der Waals surface area contributed by atoms with Gasteiger partial charge in [-0.1, -0.05) is 53.2 Å². The van der Waals surface area contributed by atoms with Gasteiger partial charge in [0, 0.05) is 24.5 Å². The van der Waals surface area contributed by atoms with E-state index >= 15 is 0 Å². The first kappa shape index (κ1) is 29.2. The fraction of sp³-hybridized carbons (Fsp3) is 0.281. The topological polar surface area (TPSA) is 97.7 Å². The Balaban J connectivity index is 1.36. The molecule has 4 aromatic rings. The summed E-state index contributed by atoms with van der Waals surface area (Å²) < 4.78 is 12.7. The largest absolute Gasteiger partial charge is 0.493 e. The van der Waals surface area contributed by atoms with Crippen molar-refractivity contribution in [3.8, 4) is 17.2 Å². The number of nitrogens with one attached hydrogen (secondary N) is 2. The van der Waals surface area contributed by atoms with Gasteiger partial charge in [-0.25, -0.2) is 0 Å². The summed E-state index contributed by atoms with van der Waals surface area (Å²) in [6, 6.07) is 21.6. The molecule has 0 saturated heterocycles. The third-order valence-corrected chi connectivity index (χ3v) is 8.07. The number of methoxy groups -OCH3 is 2. The molecule has 0 atom stereocenters. The van der Waals surface area contributed by atoms with E-state index in [9.17, 15) is 9.59 Å². The number of carbonyl (C=O) groups excluding carboxylic acids is 1. The second kappa shape index (κ2) is 13.1. The summed E-state index contributed by atoms with van der Waals surface area (Å²) in [7, 11) is 3.25. The average Bonchev–Trinajstić information content (AvgIpc) is 3.00. The molecule has 0 aliphatic carbocycles. The van der Waals surface area contributed by atoms with Crippen molar-refractivity contribution < 1.29 is 14.3 Å². The van der Waals surface area contributed by atoms with Gasteiger partial charge in [0.1, 0.15) is 5.82 Å². The molecule has 42 heavy (non-hydrogen) atoms. The zero-order valence-corrected chi connectivity index (χ0v) is 25.1. The predicted molar refractivity (Wildman–Crippen MR) is 167 cm³/mol. The maximum atomic E-state index is 13.3. The standard InChI is InChI=1S/C32H35N5O4S/c1-21-5-10-24(11-6-21)34-29(38)19-42-32-35-31(39)26-18-36(16-15-23-9-14-27(40-3)28(17-23)41-4)20-33-30(26)37(32)25-12-7-22(2)8-13-25/h5-14,17,33H,15-16,18-20H2,1-4H3,(H,34,38). The number of anilines is 2. The normalized spacial score (nSPS) is 12.8. The number of aromatic nitrogens is 2. The molecule has 0 saturated carbocycles. The minimum Gasteiger partial charge on any atom is -0.493 e. The number of fused-ring (bicyclic) bond motifs is 1. The van der Waals surface area contributed by atoms with Gasteiger partial charge in [0.15, 0.2) is 16.7 Å². The molecule has 2 heterocycles. The minimum atomic E-state index is -0.293. The van der Waals surface area contributed by atoms with E-state index in [0.717, 1.165) is 41.0 Å². The summed E-state index contributed by atoms with van der Waals surface area (Å²) in [5.41, 5.74) is 5.27. The molecule has 0 spiro atoms. The maximum Gasteiger partial charge on any atom is 0.280 e. The molecule has 0 bridgehead atoms. The molecule has 0 radical (unpaired) electrons. The molecule has 218 valence electrons. The molecule has 1 aliphatic heterocycles. The Morgan fingerprint density at radius 2 is 1.67 bits per heavy atom. The molecule has 0 unspecified atom stereocenters. The van der Waals surface area contributed by atoms with Gasteiger partial charge >= 0.3 is 0 Å². The fourth-order valence-corrected chi connectivity index (χ4v) is 5.61. The van der Waals surface area contributed by atoms with E-state index in [2.05, 4.69) is 20.5 Å². The first-order chi connectivity index (χ1) is 20.3. The van der Waals surface area contributed by atoms with E-state index < -0.39 is 0 Å². The van der Waals surface area contributed by atoms with E-state index in [1.807, 2.05) is 85.1 Å². The number of aryl methyl sites for hydroxylation is 2. The third-order valence-electron chi connectivity index (χ3n) is 7.13. The lowest BCUT2D eigenvalue weighted by Crippen LogP contribution is -2.40. The van der Waals surface area contributed by atoms with Crippen LogP contribution in [0, 0.1) is 13.8 Å². The highest BCUT2D eigenvalue weighted by atomic mass is 32.2. The second-order valence-electron chi connectivity index (χ2n) is 10.2. The van der Waals surface area contributed by atoms with Crippen LogP contribution in [-0.4, -0.2) is 53.5 Å². The first-order valence-electron chi connectivity index (χ1n) is 13.7. The molecule has 1 aliphatic rings. The van der Waals surface area contributed by atoms with Gasteiger partial charge in [-0.05, 0) is 62.2 Å². The van der Waals surface area contributed by atoms with E-state index in [0.29, 0.717) is 41.3 Å². The molecule has 1 amide bonds. The quantitative estimate of drug-likeness (QED) is 0.198. The molecule has 3 aromatic carbocycles. The number of rotatable bonds is 10. The number of hydrogen-bond acceptors (Lipinski definition) is 8. The summed E-state index contributed by atoms with van der Waals surface area (Å²) in [6.07, 6.45) is 0.779. The maximum absolute atomic E-state index is 13.3. The number of benzene rings is 3. The van der Waals surface area contributed by atoms with Gasteiger partial charge in [-0.2, -0.15) is 4.98 Å². The molecule has 0 fully saturated rings. The van der Waals surface area contributed by atoms with Crippen molar-refractivity contribution in [1.82, 2.24) is 14.5 Å². The van der Waals surface area contributed by atoms with Gasteiger partial charge < -0.3 is 20.1 Å². The lowest BCUT2D eigenvalue weighted by Gasteiger charge is -2.32. The van der Waals surface area contributed by atoms with Crippen LogP contribution in [0.25, 0.3) is 5.69 Å². The zero-order chi connectivity index (χ0) is 29.6.